The van der Waals surface area contributed by atoms with E-state index in [0.29, 0.717) is 5.56 Å². The molecule has 0 amide bonds. The van der Waals surface area contributed by atoms with E-state index in [2.05, 4.69) is 10.2 Å². The lowest BCUT2D eigenvalue weighted by Crippen LogP contribution is -2.16. The molecule has 0 bridgehead atoms. The standard InChI is InChI=1S/C15H8F4N2O/c16-9-6-4-8(5-7-9)13-10-2-1-3-11(15(17,18)19)12(10)14(22)21-20-13/h1-7H,(H,21,22). The topological polar surface area (TPSA) is 45.8 Å². The second-order valence-electron chi connectivity index (χ2n) is 4.63. The summed E-state index contributed by atoms with van der Waals surface area (Å²) in [6, 6.07) is 8.53. The number of nitrogens with zero attached hydrogens (tertiary/aromatic N) is 1. The van der Waals surface area contributed by atoms with Gasteiger partial charge >= 0.3 is 6.18 Å². The molecule has 3 aromatic rings. The lowest BCUT2D eigenvalue weighted by Gasteiger charge is -2.11. The van der Waals surface area contributed by atoms with Gasteiger partial charge in [0.05, 0.1) is 16.6 Å². The predicted molar refractivity (Wildman–Crippen MR) is 72.8 cm³/mol. The minimum Gasteiger partial charge on any atom is -0.267 e. The molecule has 0 saturated carbocycles. The molecule has 22 heavy (non-hydrogen) atoms. The molecule has 1 N–H and O–H groups in total. The molecule has 7 heteroatoms. The van der Waals surface area contributed by atoms with Gasteiger partial charge in [0, 0.05) is 10.9 Å². The van der Waals surface area contributed by atoms with E-state index in [1.807, 2.05) is 0 Å². The van der Waals surface area contributed by atoms with E-state index in [4.69, 9.17) is 0 Å². The van der Waals surface area contributed by atoms with Crippen LogP contribution < -0.4 is 5.56 Å². The Balaban J connectivity index is 2.37. The Hall–Kier alpha value is -2.70. The Morgan fingerprint density at radius 3 is 2.32 bits per heavy atom. The monoisotopic (exact) mass is 308 g/mol. The summed E-state index contributed by atoms with van der Waals surface area (Å²) >= 11 is 0. The van der Waals surface area contributed by atoms with Crippen molar-refractivity contribution in [2.24, 2.45) is 0 Å². The van der Waals surface area contributed by atoms with Crippen LogP contribution in [0.15, 0.2) is 47.3 Å². The highest BCUT2D eigenvalue weighted by atomic mass is 19.4. The van der Waals surface area contributed by atoms with Gasteiger partial charge in [0.1, 0.15) is 5.82 Å². The van der Waals surface area contributed by atoms with Crippen LogP contribution in [-0.2, 0) is 6.18 Å². The first-order valence-electron chi connectivity index (χ1n) is 6.22. The first-order chi connectivity index (χ1) is 10.4. The van der Waals surface area contributed by atoms with Gasteiger partial charge in [0.25, 0.3) is 5.56 Å². The van der Waals surface area contributed by atoms with Gasteiger partial charge in [-0.3, -0.25) is 4.79 Å². The van der Waals surface area contributed by atoms with Gasteiger partial charge in [-0.05, 0) is 30.3 Å². The van der Waals surface area contributed by atoms with E-state index in [-0.39, 0.29) is 11.1 Å². The second-order valence-corrected chi connectivity index (χ2v) is 4.63. The van der Waals surface area contributed by atoms with Crippen molar-refractivity contribution in [3.63, 3.8) is 0 Å². The predicted octanol–water partition coefficient (Wildman–Crippen LogP) is 3.75. The third-order valence-electron chi connectivity index (χ3n) is 3.24. The number of nitrogens with one attached hydrogen (secondary N) is 1. The zero-order chi connectivity index (χ0) is 15.9. The van der Waals surface area contributed by atoms with Crippen molar-refractivity contribution < 1.29 is 17.6 Å². The van der Waals surface area contributed by atoms with Crippen molar-refractivity contribution in [1.82, 2.24) is 10.2 Å². The van der Waals surface area contributed by atoms with Crippen molar-refractivity contribution in [1.29, 1.82) is 0 Å². The minimum atomic E-state index is -4.66. The van der Waals surface area contributed by atoms with Crippen LogP contribution in [0, 0.1) is 5.82 Å². The quantitative estimate of drug-likeness (QED) is 0.696. The van der Waals surface area contributed by atoms with Gasteiger partial charge in [-0.25, -0.2) is 9.49 Å². The molecule has 0 unspecified atom stereocenters. The Morgan fingerprint density at radius 2 is 1.68 bits per heavy atom. The summed E-state index contributed by atoms with van der Waals surface area (Å²) in [5, 5.41) is 5.45. The molecule has 0 aliphatic rings. The fourth-order valence-corrected chi connectivity index (χ4v) is 2.28. The molecule has 0 radical (unpaired) electrons. The third kappa shape index (κ3) is 2.34. The number of benzene rings is 2. The van der Waals surface area contributed by atoms with Gasteiger partial charge in [0.2, 0.25) is 0 Å². The average Bonchev–Trinajstić information content (AvgIpc) is 2.47. The maximum Gasteiger partial charge on any atom is 0.417 e. The maximum atomic E-state index is 13.1. The number of halogens is 4. The number of rotatable bonds is 1. The summed E-state index contributed by atoms with van der Waals surface area (Å²) < 4.78 is 52.2. The van der Waals surface area contributed by atoms with Crippen molar-refractivity contribution in [2.75, 3.05) is 0 Å². The average molecular weight is 308 g/mol. The molecule has 3 nitrogen and oxygen atoms in total. The molecule has 1 heterocycles. The van der Waals surface area contributed by atoms with Crippen LogP contribution in [-0.4, -0.2) is 10.2 Å². The van der Waals surface area contributed by atoms with Gasteiger partial charge in [-0.2, -0.15) is 18.3 Å². The number of alkyl halides is 3. The van der Waals surface area contributed by atoms with E-state index in [0.717, 1.165) is 6.07 Å². The molecular weight excluding hydrogens is 300 g/mol. The molecule has 0 atom stereocenters. The molecule has 3 rings (SSSR count). The molecule has 0 fully saturated rings. The molecule has 0 aliphatic heterocycles. The summed E-state index contributed by atoms with van der Waals surface area (Å²) in [7, 11) is 0. The van der Waals surface area contributed by atoms with Gasteiger partial charge in [0.15, 0.2) is 0 Å². The zero-order valence-electron chi connectivity index (χ0n) is 10.9. The lowest BCUT2D eigenvalue weighted by molar-refractivity contribution is -0.136. The molecule has 0 saturated heterocycles. The molecule has 1 aromatic heterocycles. The van der Waals surface area contributed by atoms with E-state index >= 15 is 0 Å². The number of aromatic nitrogens is 2. The first-order valence-corrected chi connectivity index (χ1v) is 6.22. The van der Waals surface area contributed by atoms with Crippen LogP contribution in [0.1, 0.15) is 5.56 Å². The van der Waals surface area contributed by atoms with Crippen molar-refractivity contribution in [2.45, 2.75) is 6.18 Å². The van der Waals surface area contributed by atoms with E-state index in [1.54, 1.807) is 0 Å². The minimum absolute atomic E-state index is 0.0604. The highest BCUT2D eigenvalue weighted by molar-refractivity contribution is 5.95. The van der Waals surface area contributed by atoms with E-state index in [9.17, 15) is 22.4 Å². The van der Waals surface area contributed by atoms with Crippen LogP contribution in [0.4, 0.5) is 17.6 Å². The Bertz CT molecular complexity index is 898. The molecular formula is C15H8F4N2O. The Kier molecular flexibility index (Phi) is 3.20. The van der Waals surface area contributed by atoms with Crippen LogP contribution in [0.2, 0.25) is 0 Å². The summed E-state index contributed by atoms with van der Waals surface area (Å²) in [6.07, 6.45) is -4.66. The fraction of sp³-hybridized carbons (Fsp3) is 0.0667. The Labute approximate surface area is 121 Å². The smallest absolute Gasteiger partial charge is 0.267 e. The maximum absolute atomic E-state index is 13.1. The fourth-order valence-electron chi connectivity index (χ4n) is 2.28. The lowest BCUT2D eigenvalue weighted by atomic mass is 10.0. The largest absolute Gasteiger partial charge is 0.417 e. The third-order valence-corrected chi connectivity index (χ3v) is 3.24. The van der Waals surface area contributed by atoms with Crippen molar-refractivity contribution in [3.8, 4) is 11.3 Å². The highest BCUT2D eigenvalue weighted by Gasteiger charge is 2.34. The van der Waals surface area contributed by atoms with Crippen molar-refractivity contribution in [3.05, 3.63) is 64.2 Å². The summed E-state index contributed by atoms with van der Waals surface area (Å²) in [6.45, 7) is 0. The van der Waals surface area contributed by atoms with Crippen LogP contribution in [0.25, 0.3) is 22.0 Å². The van der Waals surface area contributed by atoms with Crippen LogP contribution in [0.3, 0.4) is 0 Å². The van der Waals surface area contributed by atoms with Gasteiger partial charge in [-0.1, -0.05) is 12.1 Å². The number of hydrogen-bond acceptors (Lipinski definition) is 2. The normalized spacial score (nSPS) is 11.8. The van der Waals surface area contributed by atoms with E-state index < -0.39 is 28.5 Å². The van der Waals surface area contributed by atoms with Crippen LogP contribution >= 0.6 is 0 Å². The number of hydrogen-bond donors (Lipinski definition) is 1. The van der Waals surface area contributed by atoms with E-state index in [1.165, 1.54) is 36.4 Å². The summed E-state index contributed by atoms with van der Waals surface area (Å²) in [5.41, 5.74) is -1.39. The number of fused-ring (bicyclic) bond motifs is 1. The SMILES string of the molecule is O=c1[nH]nc(-c2ccc(F)cc2)c2cccc(C(F)(F)F)c12. The van der Waals surface area contributed by atoms with Gasteiger partial charge < -0.3 is 0 Å². The highest BCUT2D eigenvalue weighted by Crippen LogP contribution is 2.35. The molecule has 112 valence electrons. The first kappa shape index (κ1) is 14.2. The number of H-pyrrole nitrogens is 1. The molecule has 0 aliphatic carbocycles. The zero-order valence-corrected chi connectivity index (χ0v) is 10.9. The van der Waals surface area contributed by atoms with Crippen molar-refractivity contribution >= 4 is 10.8 Å². The Morgan fingerprint density at radius 1 is 1.00 bits per heavy atom. The van der Waals surface area contributed by atoms with Crippen LogP contribution in [0.5, 0.6) is 0 Å². The molecule has 0 spiro atoms. The second kappa shape index (κ2) is 4.94. The summed E-state index contributed by atoms with van der Waals surface area (Å²) in [5.74, 6) is -0.478. The molecule has 2 aromatic carbocycles. The summed E-state index contributed by atoms with van der Waals surface area (Å²) in [4.78, 5) is 11.8. The number of aromatic amines is 1. The van der Waals surface area contributed by atoms with Gasteiger partial charge in [-0.15, -0.1) is 0 Å².